The van der Waals surface area contributed by atoms with Gasteiger partial charge in [-0.2, -0.15) is 0 Å². The zero-order chi connectivity index (χ0) is 15.6. The Kier molecular flexibility index (Phi) is 5.50. The van der Waals surface area contributed by atoms with E-state index in [-0.39, 0.29) is 0 Å². The van der Waals surface area contributed by atoms with E-state index in [4.69, 9.17) is 0 Å². The van der Waals surface area contributed by atoms with Crippen molar-refractivity contribution in [2.24, 2.45) is 11.3 Å². The van der Waals surface area contributed by atoms with Gasteiger partial charge in [-0.1, -0.05) is 47.6 Å². The van der Waals surface area contributed by atoms with Gasteiger partial charge in [0.15, 0.2) is 0 Å². The maximum atomic E-state index is 3.81. The first kappa shape index (κ1) is 17.0. The molecular formula is C18H32N2S. The molecule has 2 rings (SSSR count). The molecule has 1 aromatic rings. The molecule has 1 aliphatic rings. The maximum Gasteiger partial charge on any atom is 0.0443 e. The lowest BCUT2D eigenvalue weighted by Crippen LogP contribution is -2.62. The second kappa shape index (κ2) is 6.80. The van der Waals surface area contributed by atoms with Gasteiger partial charge in [0.25, 0.3) is 0 Å². The molecule has 0 bridgehead atoms. The first-order valence-electron chi connectivity index (χ1n) is 8.37. The van der Waals surface area contributed by atoms with E-state index in [1.54, 1.807) is 0 Å². The number of thiophene rings is 1. The van der Waals surface area contributed by atoms with Crippen molar-refractivity contribution in [3.05, 3.63) is 22.4 Å². The fourth-order valence-electron chi connectivity index (χ4n) is 3.43. The minimum atomic E-state index is 0.313. The van der Waals surface area contributed by atoms with Crippen LogP contribution in [0.3, 0.4) is 0 Å². The second-order valence-corrected chi connectivity index (χ2v) is 8.75. The third-order valence-electron chi connectivity index (χ3n) is 4.87. The number of hydrogen-bond donors (Lipinski definition) is 1. The van der Waals surface area contributed by atoms with Crippen molar-refractivity contribution in [2.75, 3.05) is 13.1 Å². The third-order valence-corrected chi connectivity index (χ3v) is 5.84. The lowest BCUT2D eigenvalue weighted by Gasteiger charge is -2.49. The summed E-state index contributed by atoms with van der Waals surface area (Å²) in [6.07, 6.45) is 1.20. The lowest BCUT2D eigenvalue weighted by molar-refractivity contribution is 0.0278. The van der Waals surface area contributed by atoms with E-state index in [1.807, 2.05) is 11.3 Å². The molecule has 1 saturated heterocycles. The molecule has 0 aromatic carbocycles. The van der Waals surface area contributed by atoms with Gasteiger partial charge in [-0.25, -0.2) is 0 Å². The molecule has 1 aliphatic heterocycles. The van der Waals surface area contributed by atoms with E-state index < -0.39 is 0 Å². The smallest absolute Gasteiger partial charge is 0.0443 e. The first-order chi connectivity index (χ1) is 9.84. The van der Waals surface area contributed by atoms with E-state index >= 15 is 0 Å². The summed E-state index contributed by atoms with van der Waals surface area (Å²) in [6, 6.07) is 6.28. The molecule has 0 saturated carbocycles. The van der Waals surface area contributed by atoms with Crippen LogP contribution in [0.15, 0.2) is 17.5 Å². The summed E-state index contributed by atoms with van der Waals surface area (Å²) in [4.78, 5) is 4.31. The van der Waals surface area contributed by atoms with Gasteiger partial charge in [0.2, 0.25) is 0 Å². The van der Waals surface area contributed by atoms with Crippen molar-refractivity contribution in [2.45, 2.75) is 66.1 Å². The standard InChI is InChI=1S/C18H32N2S/c1-7-14(16-9-8-10-21-16)20-12-17(18(4,5)6)19-11-15(20)13(2)3/h8-10,13-15,17,19H,7,11-12H2,1-6H3. The average Bonchev–Trinajstić information content (AvgIpc) is 2.92. The minimum absolute atomic E-state index is 0.313. The summed E-state index contributed by atoms with van der Waals surface area (Å²) >= 11 is 1.91. The summed E-state index contributed by atoms with van der Waals surface area (Å²) < 4.78 is 0. The van der Waals surface area contributed by atoms with Crippen molar-refractivity contribution in [1.82, 2.24) is 10.2 Å². The Labute approximate surface area is 134 Å². The van der Waals surface area contributed by atoms with E-state index in [0.29, 0.717) is 29.5 Å². The predicted octanol–water partition coefficient (Wildman–Crippen LogP) is 4.54. The minimum Gasteiger partial charge on any atom is -0.311 e. The van der Waals surface area contributed by atoms with E-state index in [1.165, 1.54) is 11.3 Å². The molecule has 3 unspecified atom stereocenters. The predicted molar refractivity (Wildman–Crippen MR) is 93.9 cm³/mol. The second-order valence-electron chi connectivity index (χ2n) is 7.77. The summed E-state index contributed by atoms with van der Waals surface area (Å²) in [6.45, 7) is 16.4. The van der Waals surface area contributed by atoms with Crippen LogP contribution in [-0.4, -0.2) is 30.1 Å². The van der Waals surface area contributed by atoms with Crippen LogP contribution < -0.4 is 5.32 Å². The van der Waals surface area contributed by atoms with E-state index in [2.05, 4.69) is 69.3 Å². The first-order valence-corrected chi connectivity index (χ1v) is 9.25. The third kappa shape index (κ3) is 3.88. The molecule has 0 spiro atoms. The van der Waals surface area contributed by atoms with Crippen molar-refractivity contribution >= 4 is 11.3 Å². The van der Waals surface area contributed by atoms with Crippen LogP contribution in [0, 0.1) is 11.3 Å². The Balaban J connectivity index is 2.24. The molecule has 0 amide bonds. The highest BCUT2D eigenvalue weighted by molar-refractivity contribution is 7.10. The van der Waals surface area contributed by atoms with Gasteiger partial charge in [0, 0.05) is 36.1 Å². The Morgan fingerprint density at radius 2 is 2.10 bits per heavy atom. The molecule has 1 fully saturated rings. The van der Waals surface area contributed by atoms with Crippen molar-refractivity contribution in [3.8, 4) is 0 Å². The summed E-state index contributed by atoms with van der Waals surface area (Å²) in [5.41, 5.74) is 0.313. The van der Waals surface area contributed by atoms with Crippen LogP contribution in [0.4, 0.5) is 0 Å². The molecule has 1 N–H and O–H groups in total. The van der Waals surface area contributed by atoms with Crippen molar-refractivity contribution in [3.63, 3.8) is 0 Å². The Morgan fingerprint density at radius 3 is 2.57 bits per heavy atom. The van der Waals surface area contributed by atoms with Crippen LogP contribution in [0.5, 0.6) is 0 Å². The van der Waals surface area contributed by atoms with Gasteiger partial charge in [-0.05, 0) is 29.2 Å². The fourth-order valence-corrected chi connectivity index (χ4v) is 4.36. The van der Waals surface area contributed by atoms with E-state index in [0.717, 1.165) is 13.1 Å². The molecule has 0 radical (unpaired) electrons. The highest BCUT2D eigenvalue weighted by Gasteiger charge is 2.38. The summed E-state index contributed by atoms with van der Waals surface area (Å²) in [7, 11) is 0. The molecular weight excluding hydrogens is 276 g/mol. The molecule has 3 atom stereocenters. The molecule has 21 heavy (non-hydrogen) atoms. The van der Waals surface area contributed by atoms with Crippen LogP contribution in [-0.2, 0) is 0 Å². The zero-order valence-electron chi connectivity index (χ0n) is 14.5. The Hall–Kier alpha value is -0.380. The van der Waals surface area contributed by atoms with Crippen molar-refractivity contribution < 1.29 is 0 Å². The largest absolute Gasteiger partial charge is 0.311 e. The monoisotopic (exact) mass is 308 g/mol. The lowest BCUT2D eigenvalue weighted by atomic mass is 9.83. The quantitative estimate of drug-likeness (QED) is 0.878. The van der Waals surface area contributed by atoms with Crippen LogP contribution >= 0.6 is 11.3 Å². The number of hydrogen-bond acceptors (Lipinski definition) is 3. The SMILES string of the molecule is CCC(c1cccs1)N1CC(C(C)(C)C)NCC1C(C)C. The normalized spacial score (nSPS) is 26.2. The van der Waals surface area contributed by atoms with Gasteiger partial charge in [-0.15, -0.1) is 11.3 Å². The Bertz CT molecular complexity index is 419. The van der Waals surface area contributed by atoms with Gasteiger partial charge in [-0.3, -0.25) is 4.90 Å². The van der Waals surface area contributed by atoms with E-state index in [9.17, 15) is 0 Å². The topological polar surface area (TPSA) is 15.3 Å². The van der Waals surface area contributed by atoms with Gasteiger partial charge in [0.05, 0.1) is 0 Å². The van der Waals surface area contributed by atoms with Crippen LogP contribution in [0.1, 0.15) is 58.9 Å². The molecule has 3 heteroatoms. The highest BCUT2D eigenvalue weighted by Crippen LogP contribution is 2.35. The number of nitrogens with zero attached hydrogens (tertiary/aromatic N) is 1. The number of nitrogens with one attached hydrogen (secondary N) is 1. The summed E-state index contributed by atoms with van der Waals surface area (Å²) in [5.74, 6) is 0.687. The van der Waals surface area contributed by atoms with Gasteiger partial charge in [0.1, 0.15) is 0 Å². The zero-order valence-corrected chi connectivity index (χ0v) is 15.3. The molecule has 120 valence electrons. The van der Waals surface area contributed by atoms with Gasteiger partial charge < -0.3 is 5.32 Å². The Morgan fingerprint density at radius 1 is 1.38 bits per heavy atom. The molecule has 1 aromatic heterocycles. The number of rotatable bonds is 4. The molecule has 2 nitrogen and oxygen atoms in total. The van der Waals surface area contributed by atoms with Crippen LogP contribution in [0.2, 0.25) is 0 Å². The van der Waals surface area contributed by atoms with Gasteiger partial charge >= 0.3 is 0 Å². The molecule has 0 aliphatic carbocycles. The number of piperazine rings is 1. The summed E-state index contributed by atoms with van der Waals surface area (Å²) in [5, 5.41) is 6.02. The fraction of sp³-hybridized carbons (Fsp3) is 0.778. The average molecular weight is 309 g/mol. The maximum absolute atomic E-state index is 3.81. The van der Waals surface area contributed by atoms with Crippen molar-refractivity contribution in [1.29, 1.82) is 0 Å². The molecule has 2 heterocycles. The van der Waals surface area contributed by atoms with Crippen LogP contribution in [0.25, 0.3) is 0 Å². The highest BCUT2D eigenvalue weighted by atomic mass is 32.1.